The molecule has 1 saturated carbocycles. The van der Waals surface area contributed by atoms with Gasteiger partial charge in [0.1, 0.15) is 0 Å². The summed E-state index contributed by atoms with van der Waals surface area (Å²) in [6.45, 7) is 4.05. The molecule has 1 heterocycles. The molecule has 0 saturated heterocycles. The molecular weight excluding hydrogens is 264 g/mol. The highest BCUT2D eigenvalue weighted by Gasteiger charge is 2.44. The van der Waals surface area contributed by atoms with E-state index in [1.54, 1.807) is 16.4 Å². The van der Waals surface area contributed by atoms with Gasteiger partial charge in [-0.3, -0.25) is 4.79 Å². The lowest BCUT2D eigenvalue weighted by atomic mass is 9.96. The lowest BCUT2D eigenvalue weighted by Gasteiger charge is -2.29. The Morgan fingerprint density at radius 2 is 2.37 bits per heavy atom. The number of amides is 1. The Morgan fingerprint density at radius 1 is 1.63 bits per heavy atom. The Hall–Kier alpha value is -1.15. The number of aryl methyl sites for hydroxylation is 1. The molecule has 0 bridgehead atoms. The van der Waals surface area contributed by atoms with Crippen molar-refractivity contribution in [2.45, 2.75) is 55.1 Å². The van der Waals surface area contributed by atoms with Gasteiger partial charge in [0.2, 0.25) is 11.1 Å². The molecule has 2 atom stereocenters. The fraction of sp³-hybridized carbons (Fsp3) is 0.818. The topological polar surface area (TPSA) is 98.7 Å². The number of rotatable bonds is 5. The molecule has 1 aliphatic carbocycles. The molecule has 106 valence electrons. The summed E-state index contributed by atoms with van der Waals surface area (Å²) in [7, 11) is 1.81. The third-order valence-corrected chi connectivity index (χ3v) is 4.65. The molecule has 7 nitrogen and oxygen atoms in total. The SMILES string of the molecule is CC(C)NC1(C(N)=O)CCC(Sc2nnnn2C)C1. The first-order valence-corrected chi connectivity index (χ1v) is 7.27. The lowest BCUT2D eigenvalue weighted by Crippen LogP contribution is -2.56. The summed E-state index contributed by atoms with van der Waals surface area (Å²) in [5.41, 5.74) is 5.00. The predicted molar refractivity (Wildman–Crippen MR) is 72.5 cm³/mol. The fourth-order valence-electron chi connectivity index (χ4n) is 2.55. The Balaban J connectivity index is 2.04. The molecule has 2 rings (SSSR count). The maximum absolute atomic E-state index is 11.8. The number of primary amides is 1. The predicted octanol–water partition coefficient (Wildman–Crippen LogP) is 0.0768. The maximum atomic E-state index is 11.8. The third kappa shape index (κ3) is 3.06. The molecule has 1 aromatic heterocycles. The van der Waals surface area contributed by atoms with Gasteiger partial charge in [0.05, 0.1) is 5.54 Å². The molecule has 1 aliphatic rings. The Kier molecular flexibility index (Phi) is 4.10. The Labute approximate surface area is 116 Å². The number of carbonyl (C=O) groups is 1. The zero-order valence-corrected chi connectivity index (χ0v) is 12.3. The molecule has 19 heavy (non-hydrogen) atoms. The van der Waals surface area contributed by atoms with Crippen molar-refractivity contribution in [3.05, 3.63) is 0 Å². The van der Waals surface area contributed by atoms with Crippen LogP contribution in [0.25, 0.3) is 0 Å². The molecule has 0 aromatic carbocycles. The van der Waals surface area contributed by atoms with E-state index in [-0.39, 0.29) is 11.9 Å². The van der Waals surface area contributed by atoms with Gasteiger partial charge in [-0.25, -0.2) is 4.68 Å². The van der Waals surface area contributed by atoms with Crippen molar-refractivity contribution < 1.29 is 4.79 Å². The largest absolute Gasteiger partial charge is 0.368 e. The van der Waals surface area contributed by atoms with Gasteiger partial charge in [-0.1, -0.05) is 11.8 Å². The van der Waals surface area contributed by atoms with E-state index in [0.717, 1.165) is 24.4 Å². The molecular formula is C11H20N6OS. The Morgan fingerprint density at radius 3 is 2.89 bits per heavy atom. The zero-order valence-electron chi connectivity index (χ0n) is 11.5. The second kappa shape index (κ2) is 5.46. The van der Waals surface area contributed by atoms with E-state index in [2.05, 4.69) is 20.8 Å². The maximum Gasteiger partial charge on any atom is 0.237 e. The quantitative estimate of drug-likeness (QED) is 0.794. The number of nitrogens with zero attached hydrogens (tertiary/aromatic N) is 4. The average Bonchev–Trinajstić information content (AvgIpc) is 2.88. The highest BCUT2D eigenvalue weighted by molar-refractivity contribution is 7.99. The number of thioether (sulfide) groups is 1. The lowest BCUT2D eigenvalue weighted by molar-refractivity contribution is -0.124. The highest BCUT2D eigenvalue weighted by Crippen LogP contribution is 2.39. The van der Waals surface area contributed by atoms with Crippen molar-refractivity contribution in [2.24, 2.45) is 12.8 Å². The van der Waals surface area contributed by atoms with E-state index in [9.17, 15) is 4.79 Å². The number of hydrogen-bond donors (Lipinski definition) is 2. The van der Waals surface area contributed by atoms with Crippen LogP contribution < -0.4 is 11.1 Å². The van der Waals surface area contributed by atoms with Crippen molar-refractivity contribution in [1.29, 1.82) is 0 Å². The molecule has 1 aromatic rings. The molecule has 8 heteroatoms. The summed E-state index contributed by atoms with van der Waals surface area (Å²) in [5, 5.41) is 15.8. The van der Waals surface area contributed by atoms with Crippen LogP contribution in [0.2, 0.25) is 0 Å². The number of carbonyl (C=O) groups excluding carboxylic acids is 1. The van der Waals surface area contributed by atoms with Crippen molar-refractivity contribution in [3.8, 4) is 0 Å². The van der Waals surface area contributed by atoms with Gasteiger partial charge in [0, 0.05) is 18.3 Å². The molecule has 1 amide bonds. The van der Waals surface area contributed by atoms with Gasteiger partial charge in [0.15, 0.2) is 0 Å². The second-order valence-corrected chi connectivity index (χ2v) is 6.58. The molecule has 1 fully saturated rings. The van der Waals surface area contributed by atoms with Crippen LogP contribution in [0.1, 0.15) is 33.1 Å². The molecule has 0 radical (unpaired) electrons. The van der Waals surface area contributed by atoms with Crippen molar-refractivity contribution in [2.75, 3.05) is 0 Å². The van der Waals surface area contributed by atoms with Crippen LogP contribution in [0.4, 0.5) is 0 Å². The van der Waals surface area contributed by atoms with E-state index < -0.39 is 5.54 Å². The minimum absolute atomic E-state index is 0.229. The summed E-state index contributed by atoms with van der Waals surface area (Å²) in [6.07, 6.45) is 2.42. The first-order chi connectivity index (χ1) is 8.93. The standard InChI is InChI=1S/C11H20N6OS/c1-7(2)13-11(9(12)18)5-4-8(6-11)19-10-14-15-16-17(10)3/h7-8,13H,4-6H2,1-3H3,(H2,12,18). The number of hydrogen-bond acceptors (Lipinski definition) is 6. The van der Waals surface area contributed by atoms with E-state index in [1.165, 1.54) is 0 Å². The number of nitrogens with two attached hydrogens (primary N) is 1. The van der Waals surface area contributed by atoms with Gasteiger partial charge in [-0.2, -0.15) is 0 Å². The average molecular weight is 284 g/mol. The third-order valence-electron chi connectivity index (χ3n) is 3.36. The van der Waals surface area contributed by atoms with Gasteiger partial charge < -0.3 is 11.1 Å². The summed E-state index contributed by atoms with van der Waals surface area (Å²) < 4.78 is 1.64. The summed E-state index contributed by atoms with van der Waals surface area (Å²) >= 11 is 1.61. The van der Waals surface area contributed by atoms with Crippen LogP contribution in [0.3, 0.4) is 0 Å². The molecule has 3 N–H and O–H groups in total. The highest BCUT2D eigenvalue weighted by atomic mass is 32.2. The minimum Gasteiger partial charge on any atom is -0.368 e. The van der Waals surface area contributed by atoms with Gasteiger partial charge >= 0.3 is 0 Å². The van der Waals surface area contributed by atoms with Crippen LogP contribution in [-0.2, 0) is 11.8 Å². The van der Waals surface area contributed by atoms with Crippen molar-refractivity contribution >= 4 is 17.7 Å². The summed E-state index contributed by atoms with van der Waals surface area (Å²) in [4.78, 5) is 11.8. The van der Waals surface area contributed by atoms with Crippen LogP contribution in [-0.4, -0.2) is 42.9 Å². The van der Waals surface area contributed by atoms with Crippen LogP contribution in [0.5, 0.6) is 0 Å². The first-order valence-electron chi connectivity index (χ1n) is 6.39. The van der Waals surface area contributed by atoms with Crippen molar-refractivity contribution in [1.82, 2.24) is 25.5 Å². The van der Waals surface area contributed by atoms with Crippen molar-refractivity contribution in [3.63, 3.8) is 0 Å². The van der Waals surface area contributed by atoms with Crippen LogP contribution >= 0.6 is 11.8 Å². The normalized spacial score (nSPS) is 27.1. The van der Waals surface area contributed by atoms with Gasteiger partial charge in [0.25, 0.3) is 0 Å². The van der Waals surface area contributed by atoms with E-state index in [0.29, 0.717) is 5.25 Å². The molecule has 0 spiro atoms. The number of tetrazole rings is 1. The van der Waals surface area contributed by atoms with Crippen LogP contribution in [0.15, 0.2) is 5.16 Å². The van der Waals surface area contributed by atoms with Gasteiger partial charge in [-0.15, -0.1) is 5.10 Å². The fourth-order valence-corrected chi connectivity index (χ4v) is 3.72. The molecule has 0 aliphatic heterocycles. The van der Waals surface area contributed by atoms with Crippen LogP contribution in [0, 0.1) is 0 Å². The van der Waals surface area contributed by atoms with E-state index in [1.807, 2.05) is 20.9 Å². The zero-order chi connectivity index (χ0) is 14.0. The first kappa shape index (κ1) is 14.3. The second-order valence-electron chi connectivity index (χ2n) is 5.31. The smallest absolute Gasteiger partial charge is 0.237 e. The monoisotopic (exact) mass is 284 g/mol. The summed E-state index contributed by atoms with van der Waals surface area (Å²) in [6, 6.07) is 0.229. The Bertz CT molecular complexity index is 462. The number of aromatic nitrogens is 4. The minimum atomic E-state index is -0.585. The van der Waals surface area contributed by atoms with Gasteiger partial charge in [-0.05, 0) is 43.5 Å². The summed E-state index contributed by atoms with van der Waals surface area (Å²) in [5.74, 6) is -0.264. The van der Waals surface area contributed by atoms with E-state index >= 15 is 0 Å². The molecule has 2 unspecified atom stereocenters. The number of nitrogens with one attached hydrogen (secondary N) is 1. The van der Waals surface area contributed by atoms with E-state index in [4.69, 9.17) is 5.73 Å².